The highest BCUT2D eigenvalue weighted by molar-refractivity contribution is 5.90. The predicted octanol–water partition coefficient (Wildman–Crippen LogP) is 0.196. The number of hydrogen-bond acceptors (Lipinski definition) is 5. The summed E-state index contributed by atoms with van der Waals surface area (Å²) < 4.78 is 18.5. The van der Waals surface area contributed by atoms with E-state index >= 15 is 0 Å². The van der Waals surface area contributed by atoms with E-state index in [1.807, 2.05) is 0 Å². The first kappa shape index (κ1) is 18.9. The molecular weight excluding hydrogens is 329 g/mol. The molecule has 1 aliphatic heterocycles. The molecule has 0 saturated carbocycles. The average Bonchev–Trinajstić information content (AvgIpc) is 2.59. The topological polar surface area (TPSA) is 87.7 Å². The number of esters is 1. The molecule has 1 aromatic rings. The standard InChI is InChI=1S/C17H22FN3O4/c1-2-25-16(23)10-20-15(22)9-14-17(24)21(8-7-19-14)11-12-5-3-4-6-13(12)18/h3-6,14,19H,2,7-11H2,1H3,(H,20,22). The lowest BCUT2D eigenvalue weighted by Gasteiger charge is -2.33. The van der Waals surface area contributed by atoms with Crippen molar-refractivity contribution >= 4 is 17.8 Å². The van der Waals surface area contributed by atoms with E-state index in [1.165, 1.54) is 11.0 Å². The highest BCUT2D eigenvalue weighted by atomic mass is 19.1. The van der Waals surface area contributed by atoms with Crippen molar-refractivity contribution in [1.29, 1.82) is 0 Å². The minimum atomic E-state index is -0.692. The molecule has 1 heterocycles. The Kier molecular flexibility index (Phi) is 6.88. The van der Waals surface area contributed by atoms with Crippen molar-refractivity contribution in [1.82, 2.24) is 15.5 Å². The molecule has 0 bridgehead atoms. The number of benzene rings is 1. The van der Waals surface area contributed by atoms with Crippen LogP contribution >= 0.6 is 0 Å². The molecule has 2 rings (SSSR count). The second-order valence-corrected chi connectivity index (χ2v) is 5.64. The van der Waals surface area contributed by atoms with E-state index in [-0.39, 0.29) is 37.8 Å². The largest absolute Gasteiger partial charge is 0.465 e. The Morgan fingerprint density at radius 2 is 2.16 bits per heavy atom. The highest BCUT2D eigenvalue weighted by Crippen LogP contribution is 2.13. The fourth-order valence-electron chi connectivity index (χ4n) is 2.58. The molecule has 1 aliphatic rings. The van der Waals surface area contributed by atoms with Gasteiger partial charge in [0.25, 0.3) is 0 Å². The Balaban J connectivity index is 1.87. The lowest BCUT2D eigenvalue weighted by molar-refractivity contribution is -0.143. The lowest BCUT2D eigenvalue weighted by Crippen LogP contribution is -2.56. The van der Waals surface area contributed by atoms with Gasteiger partial charge in [-0.15, -0.1) is 0 Å². The zero-order chi connectivity index (χ0) is 18.2. The quantitative estimate of drug-likeness (QED) is 0.685. The third-order valence-corrected chi connectivity index (χ3v) is 3.83. The normalized spacial score (nSPS) is 17.3. The van der Waals surface area contributed by atoms with Crippen LogP contribution in [0, 0.1) is 5.82 Å². The van der Waals surface area contributed by atoms with Crippen LogP contribution in [0.15, 0.2) is 24.3 Å². The van der Waals surface area contributed by atoms with Gasteiger partial charge < -0.3 is 20.3 Å². The van der Waals surface area contributed by atoms with Gasteiger partial charge in [0.1, 0.15) is 12.4 Å². The molecule has 25 heavy (non-hydrogen) atoms. The predicted molar refractivity (Wildman–Crippen MR) is 87.9 cm³/mol. The van der Waals surface area contributed by atoms with E-state index in [2.05, 4.69) is 10.6 Å². The number of carbonyl (C=O) groups excluding carboxylic acids is 3. The fraction of sp³-hybridized carbons (Fsp3) is 0.471. The molecule has 136 valence electrons. The first-order valence-electron chi connectivity index (χ1n) is 8.19. The molecule has 0 spiro atoms. The number of nitrogens with one attached hydrogen (secondary N) is 2. The molecule has 2 amide bonds. The van der Waals surface area contributed by atoms with E-state index in [9.17, 15) is 18.8 Å². The summed E-state index contributed by atoms with van der Waals surface area (Å²) in [6, 6.07) is 5.59. The highest BCUT2D eigenvalue weighted by Gasteiger charge is 2.30. The van der Waals surface area contributed by atoms with Gasteiger partial charge in [-0.3, -0.25) is 14.4 Å². The van der Waals surface area contributed by atoms with Crippen molar-refractivity contribution in [2.24, 2.45) is 0 Å². The van der Waals surface area contributed by atoms with Crippen LogP contribution in [-0.2, 0) is 25.7 Å². The van der Waals surface area contributed by atoms with Gasteiger partial charge in [-0.1, -0.05) is 18.2 Å². The molecule has 1 aromatic carbocycles. The molecular formula is C17H22FN3O4. The van der Waals surface area contributed by atoms with E-state index in [1.54, 1.807) is 25.1 Å². The number of amides is 2. The van der Waals surface area contributed by atoms with Gasteiger partial charge in [-0.2, -0.15) is 0 Å². The Labute approximate surface area is 145 Å². The van der Waals surface area contributed by atoms with Gasteiger partial charge in [0.05, 0.1) is 19.1 Å². The van der Waals surface area contributed by atoms with Crippen LogP contribution in [-0.4, -0.2) is 55.0 Å². The molecule has 8 heteroatoms. The van der Waals surface area contributed by atoms with Crippen molar-refractivity contribution in [3.8, 4) is 0 Å². The van der Waals surface area contributed by atoms with Crippen molar-refractivity contribution in [2.45, 2.75) is 25.9 Å². The minimum Gasteiger partial charge on any atom is -0.465 e. The first-order valence-corrected chi connectivity index (χ1v) is 8.19. The number of halogens is 1. The van der Waals surface area contributed by atoms with E-state index in [0.29, 0.717) is 18.7 Å². The van der Waals surface area contributed by atoms with Gasteiger partial charge in [0.15, 0.2) is 0 Å². The van der Waals surface area contributed by atoms with Crippen molar-refractivity contribution < 1.29 is 23.5 Å². The Morgan fingerprint density at radius 1 is 1.40 bits per heavy atom. The summed E-state index contributed by atoms with van der Waals surface area (Å²) in [7, 11) is 0. The summed E-state index contributed by atoms with van der Waals surface area (Å²) >= 11 is 0. The summed E-state index contributed by atoms with van der Waals surface area (Å²) in [5, 5.41) is 5.41. The molecule has 1 atom stereocenters. The number of piperazine rings is 1. The van der Waals surface area contributed by atoms with Crippen molar-refractivity contribution in [3.05, 3.63) is 35.6 Å². The second kappa shape index (κ2) is 9.12. The van der Waals surface area contributed by atoms with Gasteiger partial charge in [0.2, 0.25) is 11.8 Å². The summed E-state index contributed by atoms with van der Waals surface area (Å²) in [5.74, 6) is -1.58. The second-order valence-electron chi connectivity index (χ2n) is 5.64. The van der Waals surface area contributed by atoms with Crippen LogP contribution in [0.25, 0.3) is 0 Å². The summed E-state index contributed by atoms with van der Waals surface area (Å²) in [5.41, 5.74) is 0.434. The van der Waals surface area contributed by atoms with Gasteiger partial charge in [0, 0.05) is 25.2 Å². The Morgan fingerprint density at radius 3 is 2.88 bits per heavy atom. The molecule has 1 fully saturated rings. The zero-order valence-electron chi connectivity index (χ0n) is 14.1. The molecule has 0 aliphatic carbocycles. The van der Waals surface area contributed by atoms with Gasteiger partial charge in [-0.05, 0) is 13.0 Å². The van der Waals surface area contributed by atoms with E-state index < -0.39 is 17.9 Å². The summed E-state index contributed by atoms with van der Waals surface area (Å²) in [6.07, 6.45) is -0.0913. The maximum atomic E-state index is 13.8. The number of ether oxygens (including phenoxy) is 1. The van der Waals surface area contributed by atoms with Crippen LogP contribution in [0.5, 0.6) is 0 Å². The Hall–Kier alpha value is -2.48. The molecule has 2 N–H and O–H groups in total. The fourth-order valence-corrected chi connectivity index (χ4v) is 2.58. The zero-order valence-corrected chi connectivity index (χ0v) is 14.1. The van der Waals surface area contributed by atoms with E-state index in [0.717, 1.165) is 0 Å². The molecule has 7 nitrogen and oxygen atoms in total. The first-order chi connectivity index (χ1) is 12.0. The lowest BCUT2D eigenvalue weighted by atomic mass is 10.1. The minimum absolute atomic E-state index is 0.0913. The van der Waals surface area contributed by atoms with Crippen LogP contribution < -0.4 is 10.6 Å². The van der Waals surface area contributed by atoms with Gasteiger partial charge >= 0.3 is 5.97 Å². The molecule has 0 radical (unpaired) electrons. The molecule has 1 unspecified atom stereocenters. The van der Waals surface area contributed by atoms with Crippen LogP contribution in [0.2, 0.25) is 0 Å². The smallest absolute Gasteiger partial charge is 0.325 e. The maximum Gasteiger partial charge on any atom is 0.325 e. The SMILES string of the molecule is CCOC(=O)CNC(=O)CC1NCCN(Cc2ccccc2F)C1=O. The third-order valence-electron chi connectivity index (χ3n) is 3.83. The molecule has 0 aromatic heterocycles. The van der Waals surface area contributed by atoms with Crippen LogP contribution in [0.1, 0.15) is 18.9 Å². The van der Waals surface area contributed by atoms with Gasteiger partial charge in [-0.25, -0.2) is 4.39 Å². The number of rotatable bonds is 7. The van der Waals surface area contributed by atoms with Crippen molar-refractivity contribution in [2.75, 3.05) is 26.2 Å². The van der Waals surface area contributed by atoms with E-state index in [4.69, 9.17) is 4.74 Å². The van der Waals surface area contributed by atoms with Crippen LogP contribution in [0.3, 0.4) is 0 Å². The average molecular weight is 351 g/mol. The summed E-state index contributed by atoms with van der Waals surface area (Å²) in [6.45, 7) is 2.79. The summed E-state index contributed by atoms with van der Waals surface area (Å²) in [4.78, 5) is 37.1. The van der Waals surface area contributed by atoms with Crippen molar-refractivity contribution in [3.63, 3.8) is 0 Å². The Bertz CT molecular complexity index is 638. The molecule has 1 saturated heterocycles. The number of hydrogen-bond donors (Lipinski definition) is 2. The number of carbonyl (C=O) groups is 3. The van der Waals surface area contributed by atoms with Crippen LogP contribution in [0.4, 0.5) is 4.39 Å². The number of nitrogens with zero attached hydrogens (tertiary/aromatic N) is 1. The third kappa shape index (κ3) is 5.53. The maximum absolute atomic E-state index is 13.8. The monoisotopic (exact) mass is 351 g/mol.